The molecule has 1 N–H and O–H groups in total. The summed E-state index contributed by atoms with van der Waals surface area (Å²) in [5, 5.41) is 3.80. The molecule has 0 radical (unpaired) electrons. The fourth-order valence-electron chi connectivity index (χ4n) is 1.23. The van der Waals surface area contributed by atoms with Crippen LogP contribution in [0.15, 0.2) is 29.2 Å². The average Bonchev–Trinajstić information content (AvgIpc) is 2.26. The van der Waals surface area contributed by atoms with E-state index < -0.39 is 10.8 Å². The Hall–Kier alpha value is -0.380. The van der Waals surface area contributed by atoms with Gasteiger partial charge >= 0.3 is 0 Å². The molecular weight excluding hydrogens is 230 g/mol. The van der Waals surface area contributed by atoms with Crippen molar-refractivity contribution in [1.29, 1.82) is 0 Å². The Bertz CT molecular complexity index is 356. The highest BCUT2D eigenvalue weighted by Gasteiger charge is 2.18. The maximum Gasteiger partial charge on any atom is 0.0574 e. The lowest BCUT2D eigenvalue weighted by Crippen LogP contribution is -2.35. The van der Waals surface area contributed by atoms with Gasteiger partial charge < -0.3 is 5.32 Å². The van der Waals surface area contributed by atoms with Crippen molar-refractivity contribution in [2.75, 3.05) is 7.05 Å². The Morgan fingerprint density at radius 1 is 1.40 bits per heavy atom. The Labute approximate surface area is 98.5 Å². The van der Waals surface area contributed by atoms with Crippen molar-refractivity contribution in [2.24, 2.45) is 0 Å². The van der Waals surface area contributed by atoms with Crippen molar-refractivity contribution in [1.82, 2.24) is 5.32 Å². The minimum Gasteiger partial charge on any atom is -0.316 e. The van der Waals surface area contributed by atoms with Crippen molar-refractivity contribution in [2.45, 2.75) is 30.0 Å². The van der Waals surface area contributed by atoms with Crippen LogP contribution in [0.4, 0.5) is 0 Å². The summed E-state index contributed by atoms with van der Waals surface area (Å²) in [6.45, 7) is 3.99. The van der Waals surface area contributed by atoms with Gasteiger partial charge in [-0.1, -0.05) is 17.7 Å². The molecule has 1 aromatic carbocycles. The van der Waals surface area contributed by atoms with Gasteiger partial charge in [-0.15, -0.1) is 0 Å². The molecule has 1 rings (SSSR count). The van der Waals surface area contributed by atoms with Crippen molar-refractivity contribution >= 4 is 22.4 Å². The zero-order chi connectivity index (χ0) is 11.4. The van der Waals surface area contributed by atoms with E-state index in [0.717, 1.165) is 4.90 Å². The van der Waals surface area contributed by atoms with E-state index in [4.69, 9.17) is 11.6 Å². The van der Waals surface area contributed by atoms with Crippen LogP contribution in [0.5, 0.6) is 0 Å². The van der Waals surface area contributed by atoms with E-state index in [1.54, 1.807) is 12.1 Å². The topological polar surface area (TPSA) is 29.1 Å². The number of nitrogens with one attached hydrogen (secondary N) is 1. The van der Waals surface area contributed by atoms with Gasteiger partial charge in [0, 0.05) is 16.0 Å². The second kappa shape index (κ2) is 5.64. The lowest BCUT2D eigenvalue weighted by molar-refractivity contribution is 0.584. The number of hydrogen-bond acceptors (Lipinski definition) is 2. The van der Waals surface area contributed by atoms with Crippen LogP contribution in [0, 0.1) is 0 Å². The van der Waals surface area contributed by atoms with Crippen LogP contribution in [0.1, 0.15) is 13.8 Å². The second-order valence-electron chi connectivity index (χ2n) is 3.54. The molecule has 0 aromatic heterocycles. The molecule has 1 aromatic rings. The van der Waals surface area contributed by atoms with Crippen LogP contribution in [0.25, 0.3) is 0 Å². The normalized spacial score (nSPS) is 17.1. The summed E-state index contributed by atoms with van der Waals surface area (Å²) >= 11 is 5.86. The Balaban J connectivity index is 2.85. The Kier molecular flexibility index (Phi) is 4.77. The van der Waals surface area contributed by atoms with Gasteiger partial charge in [-0.2, -0.15) is 0 Å². The van der Waals surface area contributed by atoms with Crippen molar-refractivity contribution in [3.8, 4) is 0 Å². The molecule has 4 heteroatoms. The summed E-state index contributed by atoms with van der Waals surface area (Å²) < 4.78 is 12.1. The molecule has 0 spiro atoms. The highest BCUT2D eigenvalue weighted by Crippen LogP contribution is 2.17. The first-order chi connectivity index (χ1) is 7.06. The third kappa shape index (κ3) is 3.30. The third-order valence-electron chi connectivity index (χ3n) is 2.53. The smallest absolute Gasteiger partial charge is 0.0574 e. The van der Waals surface area contributed by atoms with E-state index in [1.807, 2.05) is 33.0 Å². The Morgan fingerprint density at radius 2 is 2.07 bits per heavy atom. The molecule has 0 saturated carbocycles. The summed E-state index contributed by atoms with van der Waals surface area (Å²) in [6, 6.07) is 7.43. The van der Waals surface area contributed by atoms with Gasteiger partial charge in [0.25, 0.3) is 0 Å². The number of halogens is 1. The fraction of sp³-hybridized carbons (Fsp3) is 0.455. The van der Waals surface area contributed by atoms with Gasteiger partial charge in [0.15, 0.2) is 0 Å². The van der Waals surface area contributed by atoms with Gasteiger partial charge in [0.2, 0.25) is 0 Å². The number of rotatable bonds is 4. The summed E-state index contributed by atoms with van der Waals surface area (Å²) in [7, 11) is 0.856. The highest BCUT2D eigenvalue weighted by atomic mass is 35.5. The lowest BCUT2D eigenvalue weighted by Gasteiger charge is -2.18. The molecule has 0 aliphatic heterocycles. The highest BCUT2D eigenvalue weighted by molar-refractivity contribution is 7.85. The molecule has 3 unspecified atom stereocenters. The van der Waals surface area contributed by atoms with E-state index >= 15 is 0 Å². The first kappa shape index (κ1) is 12.7. The summed E-state index contributed by atoms with van der Waals surface area (Å²) in [5.41, 5.74) is 0. The van der Waals surface area contributed by atoms with Crippen molar-refractivity contribution in [3.05, 3.63) is 29.3 Å². The largest absolute Gasteiger partial charge is 0.316 e. The minimum atomic E-state index is -1.02. The van der Waals surface area contributed by atoms with Crippen LogP contribution in [-0.4, -0.2) is 22.5 Å². The monoisotopic (exact) mass is 245 g/mol. The number of benzene rings is 1. The van der Waals surface area contributed by atoms with Gasteiger partial charge in [-0.25, -0.2) is 0 Å². The average molecular weight is 246 g/mol. The molecule has 0 aliphatic carbocycles. The fourth-order valence-corrected chi connectivity index (χ4v) is 2.87. The second-order valence-corrected chi connectivity index (χ2v) is 5.78. The molecule has 0 heterocycles. The molecule has 2 nitrogen and oxygen atoms in total. The van der Waals surface area contributed by atoms with E-state index in [-0.39, 0.29) is 11.3 Å². The standard InChI is InChI=1S/C11H16ClNOS/c1-8(13-3)9(2)15(14)11-6-4-5-10(12)7-11/h4-9,13H,1-3H3. The SMILES string of the molecule is CNC(C)C(C)S(=O)c1cccc(Cl)c1. The third-order valence-corrected chi connectivity index (χ3v) is 4.56. The molecule has 0 bridgehead atoms. The summed E-state index contributed by atoms with van der Waals surface area (Å²) in [5.74, 6) is 0. The molecule has 0 amide bonds. The lowest BCUT2D eigenvalue weighted by atomic mass is 10.3. The van der Waals surface area contributed by atoms with E-state index in [2.05, 4.69) is 5.32 Å². The van der Waals surface area contributed by atoms with Crippen LogP contribution < -0.4 is 5.32 Å². The molecule has 3 atom stereocenters. The first-order valence-electron chi connectivity index (χ1n) is 4.89. The maximum atomic E-state index is 12.1. The van der Waals surface area contributed by atoms with Crippen LogP contribution in [-0.2, 0) is 10.8 Å². The Morgan fingerprint density at radius 3 is 2.60 bits per heavy atom. The number of hydrogen-bond donors (Lipinski definition) is 1. The van der Waals surface area contributed by atoms with Gasteiger partial charge in [-0.3, -0.25) is 4.21 Å². The summed E-state index contributed by atoms with van der Waals surface area (Å²) in [4.78, 5) is 0.789. The maximum absolute atomic E-state index is 12.1. The van der Waals surface area contributed by atoms with Crippen LogP contribution in [0.3, 0.4) is 0 Å². The van der Waals surface area contributed by atoms with Crippen molar-refractivity contribution < 1.29 is 4.21 Å². The zero-order valence-electron chi connectivity index (χ0n) is 9.16. The van der Waals surface area contributed by atoms with E-state index in [0.29, 0.717) is 5.02 Å². The predicted molar refractivity (Wildman–Crippen MR) is 65.8 cm³/mol. The van der Waals surface area contributed by atoms with E-state index in [1.165, 1.54) is 0 Å². The quantitative estimate of drug-likeness (QED) is 0.883. The molecule has 0 saturated heterocycles. The molecule has 84 valence electrons. The van der Waals surface area contributed by atoms with Crippen molar-refractivity contribution in [3.63, 3.8) is 0 Å². The van der Waals surface area contributed by atoms with E-state index in [9.17, 15) is 4.21 Å². The summed E-state index contributed by atoms with van der Waals surface area (Å²) in [6.07, 6.45) is 0. The van der Waals surface area contributed by atoms with Crippen LogP contribution >= 0.6 is 11.6 Å². The molecular formula is C11H16ClNOS. The van der Waals surface area contributed by atoms with Gasteiger partial charge in [0.1, 0.15) is 0 Å². The molecule has 0 fully saturated rings. The van der Waals surface area contributed by atoms with Gasteiger partial charge in [-0.05, 0) is 39.1 Å². The van der Waals surface area contributed by atoms with Crippen LogP contribution in [0.2, 0.25) is 5.02 Å². The molecule has 0 aliphatic rings. The minimum absolute atomic E-state index is 0.0634. The predicted octanol–water partition coefficient (Wildman–Crippen LogP) is 2.44. The zero-order valence-corrected chi connectivity index (χ0v) is 10.7. The molecule has 15 heavy (non-hydrogen) atoms. The van der Waals surface area contributed by atoms with Gasteiger partial charge in [0.05, 0.1) is 16.0 Å². The first-order valence-corrected chi connectivity index (χ1v) is 6.48.